The summed E-state index contributed by atoms with van der Waals surface area (Å²) in [6.45, 7) is 2.14. The minimum atomic E-state index is -0.533. The fourth-order valence-electron chi connectivity index (χ4n) is 2.62. The third-order valence-electron chi connectivity index (χ3n) is 3.84. The summed E-state index contributed by atoms with van der Waals surface area (Å²) in [5, 5.41) is 17.4. The summed E-state index contributed by atoms with van der Waals surface area (Å²) in [5.41, 5.74) is 1.90. The van der Waals surface area contributed by atoms with Crippen molar-refractivity contribution in [1.29, 1.82) is 0 Å². The molecule has 22 heavy (non-hydrogen) atoms. The number of aromatic nitrogens is 1. The van der Waals surface area contributed by atoms with Gasteiger partial charge in [0.2, 0.25) is 5.88 Å². The molecule has 0 radical (unpaired) electrons. The summed E-state index contributed by atoms with van der Waals surface area (Å²) in [6, 6.07) is 5.58. The van der Waals surface area contributed by atoms with Crippen molar-refractivity contribution < 1.29 is 14.2 Å². The van der Waals surface area contributed by atoms with E-state index >= 15 is 0 Å². The average Bonchev–Trinajstić information content (AvgIpc) is 2.89. The predicted molar refractivity (Wildman–Crippen MR) is 78.7 cm³/mol. The lowest BCUT2D eigenvalue weighted by atomic mass is 9.89. The van der Waals surface area contributed by atoms with E-state index in [0.29, 0.717) is 11.8 Å². The molecule has 1 heterocycles. The molecule has 3 rings (SSSR count). The second-order valence-corrected chi connectivity index (χ2v) is 5.55. The molecule has 0 saturated heterocycles. The summed E-state index contributed by atoms with van der Waals surface area (Å²) < 4.78 is 5.22. The summed E-state index contributed by atoms with van der Waals surface area (Å²) >= 11 is 0. The van der Waals surface area contributed by atoms with Crippen LogP contribution in [0.5, 0.6) is 0 Å². The van der Waals surface area contributed by atoms with E-state index in [1.165, 1.54) is 24.3 Å². The first-order valence-electron chi connectivity index (χ1n) is 7.08. The van der Waals surface area contributed by atoms with Gasteiger partial charge in [-0.2, -0.15) is 0 Å². The van der Waals surface area contributed by atoms with Crippen LogP contribution < -0.4 is 5.32 Å². The number of benzene rings is 1. The van der Waals surface area contributed by atoms with Gasteiger partial charge in [0, 0.05) is 23.3 Å². The molecule has 7 nitrogen and oxygen atoms in total. The van der Waals surface area contributed by atoms with E-state index in [1.807, 2.05) is 0 Å². The van der Waals surface area contributed by atoms with E-state index in [-0.39, 0.29) is 11.3 Å². The maximum atomic E-state index is 12.2. The van der Waals surface area contributed by atoms with Crippen LogP contribution in [-0.4, -0.2) is 16.0 Å². The maximum absolute atomic E-state index is 12.2. The monoisotopic (exact) mass is 301 g/mol. The Bertz CT molecular complexity index is 738. The first kappa shape index (κ1) is 14.2. The van der Waals surface area contributed by atoms with Crippen molar-refractivity contribution in [2.24, 2.45) is 5.92 Å². The minimum absolute atomic E-state index is 0.124. The molecule has 1 aromatic carbocycles. The highest BCUT2D eigenvalue weighted by Gasteiger charge is 2.24. The number of nitrogens with one attached hydrogen (secondary N) is 1. The molecular formula is C15H15N3O4. The number of carbonyl (C=O) groups excluding carboxylic acids is 1. The smallest absolute Gasteiger partial charge is 0.270 e. The summed E-state index contributed by atoms with van der Waals surface area (Å²) in [5.74, 6) is 0.416. The highest BCUT2D eigenvalue weighted by Crippen LogP contribution is 2.30. The number of nitro benzene ring substituents is 1. The second kappa shape index (κ2) is 5.59. The van der Waals surface area contributed by atoms with Gasteiger partial charge in [-0.1, -0.05) is 18.1 Å². The summed E-state index contributed by atoms with van der Waals surface area (Å²) in [4.78, 5) is 22.5. The lowest BCUT2D eigenvalue weighted by Gasteiger charge is -2.16. The number of nitrogens with zero attached hydrogens (tertiary/aromatic N) is 2. The van der Waals surface area contributed by atoms with Crippen LogP contribution in [0.1, 0.15) is 35.0 Å². The Morgan fingerprint density at radius 1 is 1.50 bits per heavy atom. The van der Waals surface area contributed by atoms with Gasteiger partial charge in [0.15, 0.2) is 0 Å². The van der Waals surface area contributed by atoms with Crippen molar-refractivity contribution in [3.8, 4) is 0 Å². The number of carbonyl (C=O) groups is 1. The van der Waals surface area contributed by atoms with Crippen LogP contribution in [0.2, 0.25) is 0 Å². The number of fused-ring (bicyclic) bond motifs is 1. The molecule has 1 aliphatic rings. The third-order valence-corrected chi connectivity index (χ3v) is 3.84. The lowest BCUT2D eigenvalue weighted by molar-refractivity contribution is -0.384. The SMILES string of the molecule is CC1CCc2noc(NC(=O)c3cccc([N+](=O)[O-])c3)c2C1. The van der Waals surface area contributed by atoms with Gasteiger partial charge in [-0.3, -0.25) is 20.2 Å². The molecule has 7 heteroatoms. The number of hydrogen-bond donors (Lipinski definition) is 1. The number of rotatable bonds is 3. The number of anilines is 1. The van der Waals surface area contributed by atoms with E-state index < -0.39 is 10.8 Å². The molecule has 0 saturated carbocycles. The van der Waals surface area contributed by atoms with Gasteiger partial charge in [-0.25, -0.2) is 0 Å². The molecule has 1 N–H and O–H groups in total. The van der Waals surface area contributed by atoms with Gasteiger partial charge in [0.1, 0.15) is 0 Å². The molecule has 0 aliphatic heterocycles. The average molecular weight is 301 g/mol. The van der Waals surface area contributed by atoms with Crippen LogP contribution >= 0.6 is 0 Å². The van der Waals surface area contributed by atoms with Gasteiger partial charge < -0.3 is 4.52 Å². The van der Waals surface area contributed by atoms with Crippen LogP contribution in [0, 0.1) is 16.0 Å². The lowest BCUT2D eigenvalue weighted by Crippen LogP contribution is -2.15. The van der Waals surface area contributed by atoms with E-state index in [0.717, 1.165) is 30.5 Å². The molecule has 0 spiro atoms. The molecule has 1 aromatic heterocycles. The fourth-order valence-corrected chi connectivity index (χ4v) is 2.62. The fraction of sp³-hybridized carbons (Fsp3) is 0.333. The Morgan fingerprint density at radius 3 is 3.09 bits per heavy atom. The van der Waals surface area contributed by atoms with Crippen LogP contribution in [0.15, 0.2) is 28.8 Å². The van der Waals surface area contributed by atoms with Gasteiger partial charge in [-0.15, -0.1) is 0 Å². The van der Waals surface area contributed by atoms with Gasteiger partial charge in [0.05, 0.1) is 10.6 Å². The molecule has 0 fully saturated rings. The quantitative estimate of drug-likeness (QED) is 0.694. The van der Waals surface area contributed by atoms with Crippen LogP contribution in [0.4, 0.5) is 11.6 Å². The molecular weight excluding hydrogens is 286 g/mol. The van der Waals surface area contributed by atoms with Gasteiger partial charge in [0.25, 0.3) is 11.6 Å². The molecule has 1 amide bonds. The molecule has 1 unspecified atom stereocenters. The van der Waals surface area contributed by atoms with Crippen LogP contribution in [-0.2, 0) is 12.8 Å². The maximum Gasteiger partial charge on any atom is 0.270 e. The summed E-state index contributed by atoms with van der Waals surface area (Å²) in [6.07, 6.45) is 2.70. The van der Waals surface area contributed by atoms with Crippen molar-refractivity contribution >= 4 is 17.5 Å². The van der Waals surface area contributed by atoms with E-state index in [9.17, 15) is 14.9 Å². The normalized spacial score (nSPS) is 16.9. The molecule has 1 atom stereocenters. The molecule has 1 aliphatic carbocycles. The Balaban J connectivity index is 1.82. The van der Waals surface area contributed by atoms with Crippen molar-refractivity contribution in [1.82, 2.24) is 5.16 Å². The number of hydrogen-bond acceptors (Lipinski definition) is 5. The first-order chi connectivity index (χ1) is 10.5. The Hall–Kier alpha value is -2.70. The third kappa shape index (κ3) is 2.69. The molecule has 114 valence electrons. The van der Waals surface area contributed by atoms with Crippen molar-refractivity contribution in [2.45, 2.75) is 26.2 Å². The number of aryl methyl sites for hydroxylation is 1. The van der Waals surface area contributed by atoms with Gasteiger partial charge in [-0.05, 0) is 31.2 Å². The first-order valence-corrected chi connectivity index (χ1v) is 7.08. The number of amides is 1. The van der Waals surface area contributed by atoms with Crippen LogP contribution in [0.3, 0.4) is 0 Å². The highest BCUT2D eigenvalue weighted by atomic mass is 16.6. The Labute approximate surface area is 126 Å². The molecule has 2 aromatic rings. The topological polar surface area (TPSA) is 98.3 Å². The van der Waals surface area contributed by atoms with Gasteiger partial charge >= 0.3 is 0 Å². The summed E-state index contributed by atoms with van der Waals surface area (Å²) in [7, 11) is 0. The zero-order valence-electron chi connectivity index (χ0n) is 12.0. The van der Waals surface area contributed by atoms with Crippen molar-refractivity contribution in [3.05, 3.63) is 51.2 Å². The van der Waals surface area contributed by atoms with E-state index in [2.05, 4.69) is 17.4 Å². The second-order valence-electron chi connectivity index (χ2n) is 5.55. The zero-order valence-corrected chi connectivity index (χ0v) is 12.0. The minimum Gasteiger partial charge on any atom is -0.338 e. The van der Waals surface area contributed by atoms with E-state index in [4.69, 9.17) is 4.52 Å². The zero-order chi connectivity index (χ0) is 15.7. The van der Waals surface area contributed by atoms with E-state index in [1.54, 1.807) is 0 Å². The number of nitro groups is 1. The number of non-ortho nitro benzene ring substituents is 1. The van der Waals surface area contributed by atoms with Crippen molar-refractivity contribution in [2.75, 3.05) is 5.32 Å². The van der Waals surface area contributed by atoms with Crippen molar-refractivity contribution in [3.63, 3.8) is 0 Å². The molecule has 0 bridgehead atoms. The largest absolute Gasteiger partial charge is 0.338 e. The highest BCUT2D eigenvalue weighted by molar-refractivity contribution is 6.04. The Morgan fingerprint density at radius 2 is 2.32 bits per heavy atom. The standard InChI is InChI=1S/C15H15N3O4/c1-9-5-6-13-12(7-9)15(22-17-13)16-14(19)10-3-2-4-11(8-10)18(20)21/h2-4,8-9H,5-7H2,1H3,(H,16,19). The Kier molecular flexibility index (Phi) is 3.62. The predicted octanol–water partition coefficient (Wildman–Crippen LogP) is 2.96. The van der Waals surface area contributed by atoms with Crippen LogP contribution in [0.25, 0.3) is 0 Å².